The molecule has 0 bridgehead atoms. The molecule has 0 saturated carbocycles. The number of nitrogens with zero attached hydrogens (tertiary/aromatic N) is 6. The van der Waals surface area contributed by atoms with Crippen molar-refractivity contribution < 1.29 is 5.11 Å². The van der Waals surface area contributed by atoms with Gasteiger partial charge in [-0.3, -0.25) is 9.80 Å². The molecule has 1 N–H and O–H groups in total. The Morgan fingerprint density at radius 1 is 1.20 bits per heavy atom. The largest absolute Gasteiger partial charge is 0.395 e. The molecule has 114 valence electrons. The summed E-state index contributed by atoms with van der Waals surface area (Å²) >= 11 is 0. The van der Waals surface area contributed by atoms with Crippen molar-refractivity contribution in [1.29, 1.82) is 0 Å². The molecule has 0 unspecified atom stereocenters. The highest BCUT2D eigenvalue weighted by atomic mass is 16.3. The third-order valence-corrected chi connectivity index (χ3v) is 4.01. The molecule has 1 atom stereocenters. The lowest BCUT2D eigenvalue weighted by molar-refractivity contribution is 0.0593. The van der Waals surface area contributed by atoms with E-state index in [0.29, 0.717) is 6.04 Å². The molecular weight excluding hydrogens is 256 g/mol. The van der Waals surface area contributed by atoms with E-state index in [1.165, 1.54) is 0 Å². The van der Waals surface area contributed by atoms with Crippen molar-refractivity contribution in [2.45, 2.75) is 45.8 Å². The van der Waals surface area contributed by atoms with Gasteiger partial charge in [-0.1, -0.05) is 13.8 Å². The maximum atomic E-state index is 9.36. The highest BCUT2D eigenvalue weighted by molar-refractivity contribution is 4.84. The minimum Gasteiger partial charge on any atom is -0.395 e. The predicted molar refractivity (Wildman–Crippen MR) is 76.1 cm³/mol. The average Bonchev–Trinajstić information content (AvgIpc) is 2.90. The minimum atomic E-state index is 0.255. The van der Waals surface area contributed by atoms with E-state index in [9.17, 15) is 5.11 Å². The second-order valence-corrected chi connectivity index (χ2v) is 5.38. The van der Waals surface area contributed by atoms with Crippen LogP contribution < -0.4 is 0 Å². The smallest absolute Gasteiger partial charge is 0.165 e. The summed E-state index contributed by atoms with van der Waals surface area (Å²) < 4.78 is 1.90. The van der Waals surface area contributed by atoms with E-state index in [-0.39, 0.29) is 6.61 Å². The summed E-state index contributed by atoms with van der Waals surface area (Å²) in [5.74, 6) is 0.953. The van der Waals surface area contributed by atoms with Crippen LogP contribution >= 0.6 is 0 Å². The van der Waals surface area contributed by atoms with Gasteiger partial charge in [0, 0.05) is 38.8 Å². The van der Waals surface area contributed by atoms with E-state index in [4.69, 9.17) is 0 Å². The first-order chi connectivity index (χ1) is 9.78. The second-order valence-electron chi connectivity index (χ2n) is 5.38. The van der Waals surface area contributed by atoms with E-state index in [2.05, 4.69) is 39.2 Å². The summed E-state index contributed by atoms with van der Waals surface area (Å²) in [6.07, 6.45) is 2.05. The van der Waals surface area contributed by atoms with Gasteiger partial charge in [-0.25, -0.2) is 4.68 Å². The molecule has 2 heterocycles. The molecule has 1 aliphatic rings. The van der Waals surface area contributed by atoms with E-state index >= 15 is 0 Å². The third-order valence-electron chi connectivity index (χ3n) is 4.01. The number of rotatable bonds is 7. The fourth-order valence-corrected chi connectivity index (χ4v) is 2.71. The monoisotopic (exact) mass is 282 g/mol. The SMILES string of the molecule is CCCn1nnnc1CN1CCN([C@H](CC)CO)CC1. The van der Waals surface area contributed by atoms with Crippen LogP contribution in [-0.4, -0.2) is 73.9 Å². The Kier molecular flexibility index (Phi) is 5.87. The molecule has 0 amide bonds. The number of aliphatic hydroxyl groups excluding tert-OH is 1. The van der Waals surface area contributed by atoms with Crippen molar-refractivity contribution in [3.8, 4) is 0 Å². The normalized spacial score (nSPS) is 19.4. The first-order valence-electron chi connectivity index (χ1n) is 7.60. The highest BCUT2D eigenvalue weighted by Gasteiger charge is 2.23. The molecule has 1 saturated heterocycles. The van der Waals surface area contributed by atoms with Gasteiger partial charge >= 0.3 is 0 Å². The van der Waals surface area contributed by atoms with Crippen molar-refractivity contribution in [3.05, 3.63) is 5.82 Å². The summed E-state index contributed by atoms with van der Waals surface area (Å²) in [5.41, 5.74) is 0. The summed E-state index contributed by atoms with van der Waals surface area (Å²) in [6, 6.07) is 0.308. The number of aromatic nitrogens is 4. The number of piperazine rings is 1. The number of hydrogen-bond acceptors (Lipinski definition) is 6. The molecule has 1 fully saturated rings. The van der Waals surface area contributed by atoms with Crippen molar-refractivity contribution in [2.75, 3.05) is 32.8 Å². The molecule has 20 heavy (non-hydrogen) atoms. The van der Waals surface area contributed by atoms with Gasteiger partial charge in [0.2, 0.25) is 0 Å². The Hall–Kier alpha value is -1.05. The lowest BCUT2D eigenvalue weighted by Crippen LogP contribution is -2.51. The van der Waals surface area contributed by atoms with Gasteiger partial charge in [0.1, 0.15) is 0 Å². The quantitative estimate of drug-likeness (QED) is 0.757. The zero-order chi connectivity index (χ0) is 14.4. The molecule has 7 nitrogen and oxygen atoms in total. The molecule has 1 aromatic heterocycles. The van der Waals surface area contributed by atoms with Gasteiger partial charge in [0.25, 0.3) is 0 Å². The van der Waals surface area contributed by atoms with Gasteiger partial charge < -0.3 is 5.11 Å². The number of aryl methyl sites for hydroxylation is 1. The van der Waals surface area contributed by atoms with Gasteiger partial charge in [-0.2, -0.15) is 0 Å². The summed E-state index contributed by atoms with van der Waals surface area (Å²) in [6.45, 7) is 10.2. The molecular formula is C13H26N6O. The van der Waals surface area contributed by atoms with E-state index < -0.39 is 0 Å². The van der Waals surface area contributed by atoms with Crippen LogP contribution in [0.1, 0.15) is 32.5 Å². The van der Waals surface area contributed by atoms with Crippen LogP contribution in [0, 0.1) is 0 Å². The fraction of sp³-hybridized carbons (Fsp3) is 0.923. The molecule has 0 aliphatic carbocycles. The lowest BCUT2D eigenvalue weighted by Gasteiger charge is -2.38. The Bertz CT molecular complexity index is 384. The van der Waals surface area contributed by atoms with Crippen LogP contribution in [0.2, 0.25) is 0 Å². The van der Waals surface area contributed by atoms with Crippen molar-refractivity contribution in [1.82, 2.24) is 30.0 Å². The third kappa shape index (κ3) is 3.74. The molecule has 0 radical (unpaired) electrons. The highest BCUT2D eigenvalue weighted by Crippen LogP contribution is 2.11. The Morgan fingerprint density at radius 3 is 2.55 bits per heavy atom. The summed E-state index contributed by atoms with van der Waals surface area (Å²) in [4.78, 5) is 4.77. The van der Waals surface area contributed by atoms with Crippen LogP contribution in [0.25, 0.3) is 0 Å². The molecule has 2 rings (SSSR count). The minimum absolute atomic E-state index is 0.255. The number of hydrogen-bond donors (Lipinski definition) is 1. The van der Waals surface area contributed by atoms with Gasteiger partial charge in [-0.05, 0) is 23.3 Å². The number of tetrazole rings is 1. The van der Waals surface area contributed by atoms with Crippen molar-refractivity contribution >= 4 is 0 Å². The molecule has 0 spiro atoms. The number of aliphatic hydroxyl groups is 1. The first-order valence-corrected chi connectivity index (χ1v) is 7.60. The zero-order valence-corrected chi connectivity index (χ0v) is 12.6. The Balaban J connectivity index is 1.83. The molecule has 7 heteroatoms. The maximum absolute atomic E-state index is 9.36. The van der Waals surface area contributed by atoms with Crippen molar-refractivity contribution in [2.24, 2.45) is 0 Å². The van der Waals surface area contributed by atoms with Crippen LogP contribution in [-0.2, 0) is 13.1 Å². The molecule has 1 aromatic rings. The lowest BCUT2D eigenvalue weighted by atomic mass is 10.1. The Morgan fingerprint density at radius 2 is 1.95 bits per heavy atom. The van der Waals surface area contributed by atoms with E-state index in [1.807, 2.05) is 4.68 Å². The van der Waals surface area contributed by atoms with Crippen LogP contribution in [0.5, 0.6) is 0 Å². The topological polar surface area (TPSA) is 70.3 Å². The molecule has 1 aliphatic heterocycles. The van der Waals surface area contributed by atoms with Gasteiger partial charge in [-0.15, -0.1) is 5.10 Å². The molecule has 0 aromatic carbocycles. The summed E-state index contributed by atoms with van der Waals surface area (Å²) in [5, 5.41) is 21.3. The van der Waals surface area contributed by atoms with Crippen LogP contribution in [0.3, 0.4) is 0 Å². The standard InChI is InChI=1S/C13H26N6O/c1-3-5-19-13(14-15-16-19)10-17-6-8-18(9-7-17)12(4-2)11-20/h12,20H,3-11H2,1-2H3/t12-/m1/s1. The second kappa shape index (κ2) is 7.66. The maximum Gasteiger partial charge on any atom is 0.165 e. The predicted octanol–water partition coefficient (Wildman–Crippen LogP) is -0.0284. The van der Waals surface area contributed by atoms with E-state index in [0.717, 1.165) is 57.9 Å². The first kappa shape index (κ1) is 15.3. The van der Waals surface area contributed by atoms with Gasteiger partial charge in [0.15, 0.2) is 5.82 Å². The van der Waals surface area contributed by atoms with Gasteiger partial charge in [0.05, 0.1) is 13.2 Å². The van der Waals surface area contributed by atoms with Crippen LogP contribution in [0.4, 0.5) is 0 Å². The fourth-order valence-electron chi connectivity index (χ4n) is 2.71. The zero-order valence-electron chi connectivity index (χ0n) is 12.6. The summed E-state index contributed by atoms with van der Waals surface area (Å²) in [7, 11) is 0. The van der Waals surface area contributed by atoms with Crippen LogP contribution in [0.15, 0.2) is 0 Å². The Labute approximate surface area is 120 Å². The average molecular weight is 282 g/mol. The van der Waals surface area contributed by atoms with Crippen molar-refractivity contribution in [3.63, 3.8) is 0 Å². The van der Waals surface area contributed by atoms with E-state index in [1.54, 1.807) is 0 Å².